The van der Waals surface area contributed by atoms with Gasteiger partial charge in [-0.2, -0.15) is 0 Å². The summed E-state index contributed by atoms with van der Waals surface area (Å²) in [5, 5.41) is 0. The van der Waals surface area contributed by atoms with Gasteiger partial charge in [0.2, 0.25) is 5.91 Å². The summed E-state index contributed by atoms with van der Waals surface area (Å²) >= 11 is 0. The summed E-state index contributed by atoms with van der Waals surface area (Å²) in [6.45, 7) is 0.605. The predicted molar refractivity (Wildman–Crippen MR) is 29.8 cm³/mol. The Hall–Kier alpha value is -0.570. The second-order valence-electron chi connectivity index (χ2n) is 2.24. The van der Waals surface area contributed by atoms with Crippen LogP contribution in [0.25, 0.3) is 0 Å². The van der Waals surface area contributed by atoms with E-state index in [4.69, 9.17) is 11.5 Å². The lowest BCUT2D eigenvalue weighted by molar-refractivity contribution is -0.119. The minimum absolute atomic E-state index is 0.0972. The summed E-state index contributed by atoms with van der Waals surface area (Å²) < 4.78 is 0. The Balaban J connectivity index is 2.26. The Morgan fingerprint density at radius 2 is 2.38 bits per heavy atom. The van der Waals surface area contributed by atoms with Gasteiger partial charge in [-0.05, 0) is 18.9 Å². The molecule has 1 rings (SSSR count). The maximum Gasteiger partial charge on any atom is 0.220 e. The average Bonchev–Trinajstić information content (AvgIpc) is 2.42. The van der Waals surface area contributed by atoms with Crippen LogP contribution in [0.1, 0.15) is 6.42 Å². The SMILES string of the molecule is NC[C@H]1C[C@H]1C(N)=O. The molecule has 1 fully saturated rings. The molecule has 0 aliphatic heterocycles. The number of carbonyl (C=O) groups is 1. The summed E-state index contributed by atoms with van der Waals surface area (Å²) in [6.07, 6.45) is 0.909. The van der Waals surface area contributed by atoms with Crippen molar-refractivity contribution in [3.63, 3.8) is 0 Å². The summed E-state index contributed by atoms with van der Waals surface area (Å²) in [7, 11) is 0. The molecular weight excluding hydrogens is 104 g/mol. The van der Waals surface area contributed by atoms with Crippen LogP contribution in [0.5, 0.6) is 0 Å². The van der Waals surface area contributed by atoms with Gasteiger partial charge in [0.25, 0.3) is 0 Å². The van der Waals surface area contributed by atoms with Gasteiger partial charge in [0.1, 0.15) is 0 Å². The molecule has 0 heterocycles. The van der Waals surface area contributed by atoms with Crippen molar-refractivity contribution in [3.8, 4) is 0 Å². The minimum Gasteiger partial charge on any atom is -0.369 e. The molecule has 0 bridgehead atoms. The summed E-state index contributed by atoms with van der Waals surface area (Å²) in [6, 6.07) is 0. The smallest absolute Gasteiger partial charge is 0.220 e. The molecule has 1 aliphatic carbocycles. The van der Waals surface area contributed by atoms with E-state index in [0.29, 0.717) is 12.5 Å². The molecule has 0 spiro atoms. The van der Waals surface area contributed by atoms with Crippen molar-refractivity contribution in [1.29, 1.82) is 0 Å². The lowest BCUT2D eigenvalue weighted by Gasteiger charge is -1.86. The molecule has 46 valence electrons. The minimum atomic E-state index is -0.194. The molecule has 0 unspecified atom stereocenters. The molecule has 1 amide bonds. The van der Waals surface area contributed by atoms with Crippen LogP contribution in [0.4, 0.5) is 0 Å². The highest BCUT2D eigenvalue weighted by Crippen LogP contribution is 2.36. The molecule has 3 heteroatoms. The zero-order valence-electron chi connectivity index (χ0n) is 4.63. The number of nitrogens with two attached hydrogens (primary N) is 2. The van der Waals surface area contributed by atoms with Crippen LogP contribution in [0, 0.1) is 11.8 Å². The van der Waals surface area contributed by atoms with E-state index < -0.39 is 0 Å². The van der Waals surface area contributed by atoms with Crippen LogP contribution < -0.4 is 11.5 Å². The van der Waals surface area contributed by atoms with Gasteiger partial charge in [0, 0.05) is 5.92 Å². The van der Waals surface area contributed by atoms with Crippen molar-refractivity contribution in [3.05, 3.63) is 0 Å². The average molecular weight is 114 g/mol. The highest BCUT2D eigenvalue weighted by Gasteiger charge is 2.40. The van der Waals surface area contributed by atoms with E-state index in [1.54, 1.807) is 0 Å². The molecule has 0 aromatic rings. The zero-order chi connectivity index (χ0) is 6.15. The topological polar surface area (TPSA) is 69.1 Å². The van der Waals surface area contributed by atoms with E-state index >= 15 is 0 Å². The highest BCUT2D eigenvalue weighted by atomic mass is 16.1. The first-order valence-electron chi connectivity index (χ1n) is 2.75. The third-order valence-electron chi connectivity index (χ3n) is 1.59. The van der Waals surface area contributed by atoms with E-state index in [1.807, 2.05) is 0 Å². The molecule has 4 N–H and O–H groups in total. The first kappa shape index (κ1) is 5.56. The summed E-state index contributed by atoms with van der Waals surface area (Å²) in [5.41, 5.74) is 10.2. The van der Waals surface area contributed by atoms with Crippen LogP contribution >= 0.6 is 0 Å². The Morgan fingerprint density at radius 3 is 2.50 bits per heavy atom. The molecule has 0 radical (unpaired) electrons. The molecule has 0 aromatic heterocycles. The fourth-order valence-corrected chi connectivity index (χ4v) is 0.857. The monoisotopic (exact) mass is 114 g/mol. The van der Waals surface area contributed by atoms with Gasteiger partial charge in [-0.25, -0.2) is 0 Å². The lowest BCUT2D eigenvalue weighted by atomic mass is 10.3. The molecule has 0 saturated heterocycles. The van der Waals surface area contributed by atoms with Gasteiger partial charge < -0.3 is 11.5 Å². The Morgan fingerprint density at radius 1 is 1.75 bits per heavy atom. The van der Waals surface area contributed by atoms with Gasteiger partial charge in [0.05, 0.1) is 0 Å². The molecule has 3 nitrogen and oxygen atoms in total. The molecule has 8 heavy (non-hydrogen) atoms. The normalized spacial score (nSPS) is 34.6. The second-order valence-corrected chi connectivity index (χ2v) is 2.24. The van der Waals surface area contributed by atoms with Crippen LogP contribution in [0.15, 0.2) is 0 Å². The maximum absolute atomic E-state index is 10.3. The number of primary amides is 1. The molecule has 1 saturated carbocycles. The van der Waals surface area contributed by atoms with E-state index in [-0.39, 0.29) is 11.8 Å². The molecular formula is C5H10N2O. The lowest BCUT2D eigenvalue weighted by Crippen LogP contribution is -2.16. The fourth-order valence-electron chi connectivity index (χ4n) is 0.857. The van der Waals surface area contributed by atoms with Gasteiger partial charge in [-0.15, -0.1) is 0 Å². The van der Waals surface area contributed by atoms with Crippen molar-refractivity contribution in [2.45, 2.75) is 6.42 Å². The van der Waals surface area contributed by atoms with E-state index in [9.17, 15) is 4.79 Å². The number of carbonyl (C=O) groups excluding carboxylic acids is 1. The van der Waals surface area contributed by atoms with Crippen molar-refractivity contribution in [1.82, 2.24) is 0 Å². The van der Waals surface area contributed by atoms with Crippen LogP contribution in [-0.4, -0.2) is 12.5 Å². The van der Waals surface area contributed by atoms with Crippen molar-refractivity contribution in [2.24, 2.45) is 23.3 Å². The van der Waals surface area contributed by atoms with Crippen LogP contribution in [0.3, 0.4) is 0 Å². The van der Waals surface area contributed by atoms with E-state index in [2.05, 4.69) is 0 Å². The zero-order valence-corrected chi connectivity index (χ0v) is 4.63. The summed E-state index contributed by atoms with van der Waals surface area (Å²) in [4.78, 5) is 10.3. The number of hydrogen-bond donors (Lipinski definition) is 2. The quantitative estimate of drug-likeness (QED) is 0.486. The van der Waals surface area contributed by atoms with Gasteiger partial charge >= 0.3 is 0 Å². The second kappa shape index (κ2) is 1.74. The van der Waals surface area contributed by atoms with Crippen LogP contribution in [0.2, 0.25) is 0 Å². The highest BCUT2D eigenvalue weighted by molar-refractivity contribution is 5.79. The Kier molecular flexibility index (Phi) is 1.21. The van der Waals surface area contributed by atoms with Gasteiger partial charge in [-0.1, -0.05) is 0 Å². The Bertz CT molecular complexity index is 113. The van der Waals surface area contributed by atoms with Crippen LogP contribution in [-0.2, 0) is 4.79 Å². The van der Waals surface area contributed by atoms with Crippen molar-refractivity contribution < 1.29 is 4.79 Å². The van der Waals surface area contributed by atoms with Crippen molar-refractivity contribution >= 4 is 5.91 Å². The maximum atomic E-state index is 10.3. The van der Waals surface area contributed by atoms with Gasteiger partial charge in [-0.3, -0.25) is 4.79 Å². The Labute approximate surface area is 48.0 Å². The predicted octanol–water partition coefficient (Wildman–Crippen LogP) is -0.933. The number of rotatable bonds is 2. The number of hydrogen-bond acceptors (Lipinski definition) is 2. The van der Waals surface area contributed by atoms with E-state index in [0.717, 1.165) is 6.42 Å². The fraction of sp³-hybridized carbons (Fsp3) is 0.800. The third kappa shape index (κ3) is 0.816. The molecule has 2 atom stereocenters. The third-order valence-corrected chi connectivity index (χ3v) is 1.59. The summed E-state index contributed by atoms with van der Waals surface area (Å²) in [5.74, 6) is 0.299. The largest absolute Gasteiger partial charge is 0.369 e. The molecule has 0 aromatic carbocycles. The number of amides is 1. The first-order valence-corrected chi connectivity index (χ1v) is 2.75. The van der Waals surface area contributed by atoms with Crippen molar-refractivity contribution in [2.75, 3.05) is 6.54 Å². The standard InChI is InChI=1S/C5H10N2O/c6-2-3-1-4(3)5(7)8/h3-4H,1-2,6H2,(H2,7,8)/t3-,4-/m1/s1. The first-order chi connectivity index (χ1) is 3.75. The van der Waals surface area contributed by atoms with E-state index in [1.165, 1.54) is 0 Å². The molecule has 1 aliphatic rings. The van der Waals surface area contributed by atoms with Gasteiger partial charge in [0.15, 0.2) is 0 Å².